The summed E-state index contributed by atoms with van der Waals surface area (Å²) in [6, 6.07) is 4.11. The van der Waals surface area contributed by atoms with Gasteiger partial charge >= 0.3 is 0 Å². The maximum absolute atomic E-state index is 13.0. The maximum Gasteiger partial charge on any atom is 0.163 e. The van der Waals surface area contributed by atoms with Crippen LogP contribution in [0.2, 0.25) is 0 Å². The zero-order valence-electron chi connectivity index (χ0n) is 18.8. The van der Waals surface area contributed by atoms with Gasteiger partial charge < -0.3 is 0 Å². The van der Waals surface area contributed by atoms with Gasteiger partial charge in [-0.25, -0.2) is 0 Å². The first-order chi connectivity index (χ1) is 13.7. The van der Waals surface area contributed by atoms with Gasteiger partial charge in [0.1, 0.15) is 11.6 Å². The van der Waals surface area contributed by atoms with Gasteiger partial charge in [0.2, 0.25) is 0 Å². The largest absolute Gasteiger partial charge is 0.300 e. The molecule has 0 N–H and O–H groups in total. The van der Waals surface area contributed by atoms with Crippen molar-refractivity contribution in [3.63, 3.8) is 0 Å². The molecule has 1 aromatic carbocycles. The number of Topliss-reactive ketones (excluding diaryl/α,β-unsaturated/α-hetero) is 3. The Morgan fingerprint density at radius 1 is 1.17 bits per heavy atom. The van der Waals surface area contributed by atoms with E-state index in [1.165, 1.54) is 6.92 Å². The number of aryl methyl sites for hydroxylation is 1. The van der Waals surface area contributed by atoms with E-state index in [0.29, 0.717) is 6.42 Å². The standard InChI is InChI=1S/C26H36O3/c1-7-9-20(21(8-2)24(28)12-18(6)27)13-19-14-23-22(16(3)4)11-10-17(5)26(23)25(29)15-19/h10-11,19-21H,3,7-9,12-15H2,1-2,4-6H3. The van der Waals surface area contributed by atoms with Crippen LogP contribution in [0.15, 0.2) is 18.7 Å². The minimum absolute atomic E-state index is 0.0319. The Bertz CT molecular complexity index is 802. The second kappa shape index (κ2) is 10.1. The summed E-state index contributed by atoms with van der Waals surface area (Å²) in [4.78, 5) is 37.2. The first-order valence-electron chi connectivity index (χ1n) is 11.0. The molecule has 0 aliphatic heterocycles. The molecule has 3 heteroatoms. The van der Waals surface area contributed by atoms with Gasteiger partial charge in [-0.15, -0.1) is 0 Å². The van der Waals surface area contributed by atoms with Crippen molar-refractivity contribution in [3.8, 4) is 0 Å². The first-order valence-corrected chi connectivity index (χ1v) is 11.0. The highest BCUT2D eigenvalue weighted by Crippen LogP contribution is 2.38. The van der Waals surface area contributed by atoms with Crippen molar-refractivity contribution in [3.05, 3.63) is 41.0 Å². The van der Waals surface area contributed by atoms with Crippen LogP contribution in [0.25, 0.3) is 5.57 Å². The average Bonchev–Trinajstić information content (AvgIpc) is 2.61. The second-order valence-electron chi connectivity index (χ2n) is 8.91. The van der Waals surface area contributed by atoms with Gasteiger partial charge in [-0.2, -0.15) is 0 Å². The van der Waals surface area contributed by atoms with E-state index >= 15 is 0 Å². The van der Waals surface area contributed by atoms with Crippen LogP contribution in [0.4, 0.5) is 0 Å². The van der Waals surface area contributed by atoms with Crippen LogP contribution >= 0.6 is 0 Å². The molecule has 0 saturated carbocycles. The van der Waals surface area contributed by atoms with E-state index in [2.05, 4.69) is 19.6 Å². The molecule has 0 radical (unpaired) electrons. The van der Waals surface area contributed by atoms with Crippen molar-refractivity contribution < 1.29 is 14.4 Å². The molecular formula is C26H36O3. The molecule has 1 aliphatic rings. The zero-order valence-corrected chi connectivity index (χ0v) is 18.8. The van der Waals surface area contributed by atoms with Crippen molar-refractivity contribution in [1.82, 2.24) is 0 Å². The summed E-state index contributed by atoms with van der Waals surface area (Å²) in [5.41, 5.74) is 5.14. The fourth-order valence-corrected chi connectivity index (χ4v) is 5.14. The minimum atomic E-state index is -0.0894. The normalized spacial score (nSPS) is 18.1. The number of allylic oxidation sites excluding steroid dienone is 1. The van der Waals surface area contributed by atoms with Crippen molar-refractivity contribution >= 4 is 22.9 Å². The molecule has 0 heterocycles. The molecule has 3 unspecified atom stereocenters. The van der Waals surface area contributed by atoms with Crippen molar-refractivity contribution in [2.75, 3.05) is 0 Å². The monoisotopic (exact) mass is 396 g/mol. The Kier molecular flexibility index (Phi) is 8.13. The predicted molar refractivity (Wildman–Crippen MR) is 119 cm³/mol. The van der Waals surface area contributed by atoms with Crippen molar-refractivity contribution in [2.45, 2.75) is 79.6 Å². The van der Waals surface area contributed by atoms with Gasteiger partial charge in [-0.1, -0.05) is 51.0 Å². The SMILES string of the molecule is C=C(C)c1ccc(C)c2c1CC(CC(CCC)C(CC)C(=O)CC(C)=O)CC2=O. The molecule has 158 valence electrons. The second-order valence-corrected chi connectivity index (χ2v) is 8.91. The van der Waals surface area contributed by atoms with Gasteiger partial charge in [0.05, 0.1) is 6.42 Å². The molecule has 3 atom stereocenters. The summed E-state index contributed by atoms with van der Waals surface area (Å²) >= 11 is 0. The highest BCUT2D eigenvalue weighted by molar-refractivity contribution is 6.01. The highest BCUT2D eigenvalue weighted by Gasteiger charge is 2.33. The van der Waals surface area contributed by atoms with Crippen molar-refractivity contribution in [2.24, 2.45) is 17.8 Å². The molecule has 1 aliphatic carbocycles. The lowest BCUT2D eigenvalue weighted by Gasteiger charge is -2.32. The summed E-state index contributed by atoms with van der Waals surface area (Å²) in [6.07, 6.45) is 5.02. The summed E-state index contributed by atoms with van der Waals surface area (Å²) in [6.45, 7) is 13.8. The third-order valence-corrected chi connectivity index (χ3v) is 6.37. The number of carbonyl (C=O) groups is 3. The summed E-state index contributed by atoms with van der Waals surface area (Å²) in [7, 11) is 0. The fraction of sp³-hybridized carbons (Fsp3) is 0.577. The van der Waals surface area contributed by atoms with Crippen LogP contribution in [0, 0.1) is 24.7 Å². The Balaban J connectivity index is 2.29. The minimum Gasteiger partial charge on any atom is -0.300 e. The molecule has 2 rings (SSSR count). The molecule has 29 heavy (non-hydrogen) atoms. The number of ketones is 3. The molecule has 0 bridgehead atoms. The van der Waals surface area contributed by atoms with Crippen LogP contribution in [0.5, 0.6) is 0 Å². The van der Waals surface area contributed by atoms with Crippen LogP contribution in [-0.4, -0.2) is 17.3 Å². The molecule has 0 saturated heterocycles. The van der Waals surface area contributed by atoms with E-state index < -0.39 is 0 Å². The third-order valence-electron chi connectivity index (χ3n) is 6.37. The smallest absolute Gasteiger partial charge is 0.163 e. The van der Waals surface area contributed by atoms with E-state index in [-0.39, 0.29) is 41.5 Å². The van der Waals surface area contributed by atoms with Crippen LogP contribution in [0.3, 0.4) is 0 Å². The van der Waals surface area contributed by atoms with Gasteiger partial charge in [-0.05, 0) is 68.6 Å². The number of benzene rings is 1. The zero-order chi connectivity index (χ0) is 21.7. The number of hydrogen-bond acceptors (Lipinski definition) is 3. The van der Waals surface area contributed by atoms with Crippen LogP contribution in [-0.2, 0) is 16.0 Å². The van der Waals surface area contributed by atoms with Crippen LogP contribution in [0.1, 0.15) is 93.3 Å². The van der Waals surface area contributed by atoms with Gasteiger partial charge in [0.25, 0.3) is 0 Å². The average molecular weight is 397 g/mol. The lowest BCUT2D eigenvalue weighted by Crippen LogP contribution is -2.30. The summed E-state index contributed by atoms with van der Waals surface area (Å²) in [5, 5.41) is 0. The van der Waals surface area contributed by atoms with E-state index in [1.54, 1.807) is 0 Å². The molecule has 0 fully saturated rings. The molecule has 0 spiro atoms. The Labute approximate surface area is 176 Å². The first kappa shape index (κ1) is 23.3. The third kappa shape index (κ3) is 5.52. The Hall–Kier alpha value is -2.03. The fourth-order valence-electron chi connectivity index (χ4n) is 5.14. The lowest BCUT2D eigenvalue weighted by atomic mass is 9.71. The Morgan fingerprint density at radius 3 is 2.41 bits per heavy atom. The topological polar surface area (TPSA) is 51.2 Å². The van der Waals surface area contributed by atoms with E-state index in [0.717, 1.165) is 59.9 Å². The molecular weight excluding hydrogens is 360 g/mol. The molecule has 1 aromatic rings. The van der Waals surface area contributed by atoms with E-state index in [9.17, 15) is 14.4 Å². The van der Waals surface area contributed by atoms with E-state index in [1.807, 2.05) is 26.8 Å². The molecule has 3 nitrogen and oxygen atoms in total. The molecule has 0 aromatic heterocycles. The lowest BCUT2D eigenvalue weighted by molar-refractivity contribution is -0.129. The van der Waals surface area contributed by atoms with Gasteiger partial charge in [-0.3, -0.25) is 14.4 Å². The summed E-state index contributed by atoms with van der Waals surface area (Å²) < 4.78 is 0. The van der Waals surface area contributed by atoms with Crippen molar-refractivity contribution in [1.29, 1.82) is 0 Å². The number of rotatable bonds is 10. The Morgan fingerprint density at radius 2 is 1.86 bits per heavy atom. The van der Waals surface area contributed by atoms with Crippen LogP contribution < -0.4 is 0 Å². The van der Waals surface area contributed by atoms with E-state index in [4.69, 9.17) is 0 Å². The summed E-state index contributed by atoms with van der Waals surface area (Å²) in [5.74, 6) is 0.607. The quantitative estimate of drug-likeness (QED) is 0.445. The molecule has 0 amide bonds. The predicted octanol–water partition coefficient (Wildman–Crippen LogP) is 6.15. The number of fused-ring (bicyclic) bond motifs is 1. The van der Waals surface area contributed by atoms with Gasteiger partial charge in [0.15, 0.2) is 5.78 Å². The highest BCUT2D eigenvalue weighted by atomic mass is 16.1. The number of hydrogen-bond donors (Lipinski definition) is 0. The maximum atomic E-state index is 13.0. The van der Waals surface area contributed by atoms with Gasteiger partial charge in [0, 0.05) is 17.9 Å². The number of carbonyl (C=O) groups excluding carboxylic acids is 3.